The van der Waals surface area contributed by atoms with Gasteiger partial charge in [-0.2, -0.15) is 0 Å². The zero-order chi connectivity index (χ0) is 27.0. The lowest BCUT2D eigenvalue weighted by atomic mass is 10.0. The van der Waals surface area contributed by atoms with Gasteiger partial charge in [-0.05, 0) is 68.0 Å². The zero-order valence-electron chi connectivity index (χ0n) is 20.9. The number of ether oxygens (including phenoxy) is 4. The Hall–Kier alpha value is -3.05. The van der Waals surface area contributed by atoms with Gasteiger partial charge in [-0.3, -0.25) is 9.59 Å². The van der Waals surface area contributed by atoms with Crippen LogP contribution in [-0.2, 0) is 28.6 Å². The molecule has 1 aromatic rings. The second-order valence-corrected chi connectivity index (χ2v) is 9.96. The summed E-state index contributed by atoms with van der Waals surface area (Å²) in [5.74, 6) is 4.21. The van der Waals surface area contributed by atoms with Gasteiger partial charge in [-0.1, -0.05) is 11.8 Å². The van der Waals surface area contributed by atoms with Gasteiger partial charge in [-0.15, -0.1) is 0 Å². The van der Waals surface area contributed by atoms with Crippen molar-refractivity contribution in [3.8, 4) is 17.6 Å². The van der Waals surface area contributed by atoms with Crippen molar-refractivity contribution in [2.75, 3.05) is 27.4 Å². The van der Waals surface area contributed by atoms with Crippen LogP contribution in [0.2, 0.25) is 0 Å². The Morgan fingerprint density at radius 1 is 1.17 bits per heavy atom. The van der Waals surface area contributed by atoms with E-state index in [-0.39, 0.29) is 13.2 Å². The van der Waals surface area contributed by atoms with Gasteiger partial charge in [0, 0.05) is 0 Å². The lowest BCUT2D eigenvalue weighted by molar-refractivity contribution is -0.145. The summed E-state index contributed by atoms with van der Waals surface area (Å²) in [6.45, 7) is 6.19. The molecular formula is C24H30IN3O8. The second kappa shape index (κ2) is 12.8. The third-order valence-electron chi connectivity index (χ3n) is 4.77. The number of nitrogens with one attached hydrogen (secondary N) is 3. The number of benzene rings is 1. The highest BCUT2D eigenvalue weighted by atomic mass is 127. The molecule has 3 atom stereocenters. The molecule has 1 aliphatic heterocycles. The number of carbonyl (C=O) groups is 4. The highest BCUT2D eigenvalue weighted by Gasteiger charge is 2.30. The average molecular weight is 615 g/mol. The van der Waals surface area contributed by atoms with Gasteiger partial charge >= 0.3 is 12.1 Å². The van der Waals surface area contributed by atoms with Crippen LogP contribution in [0.3, 0.4) is 0 Å². The lowest BCUT2D eigenvalue weighted by Crippen LogP contribution is -2.55. The van der Waals surface area contributed by atoms with Gasteiger partial charge in [0.05, 0.1) is 30.0 Å². The molecule has 0 saturated carbocycles. The first-order valence-corrected chi connectivity index (χ1v) is 12.1. The first-order chi connectivity index (χ1) is 16.9. The molecular weight excluding hydrogens is 585 g/mol. The Labute approximate surface area is 223 Å². The Morgan fingerprint density at radius 3 is 2.47 bits per heavy atom. The topological polar surface area (TPSA) is 141 Å². The smallest absolute Gasteiger partial charge is 0.408 e. The van der Waals surface area contributed by atoms with Crippen LogP contribution in [0.15, 0.2) is 12.1 Å². The summed E-state index contributed by atoms with van der Waals surface area (Å²) in [6.07, 6.45) is -0.826. The van der Waals surface area contributed by atoms with E-state index in [9.17, 15) is 19.2 Å². The van der Waals surface area contributed by atoms with E-state index in [1.54, 1.807) is 32.9 Å². The summed E-state index contributed by atoms with van der Waals surface area (Å²) in [5, 5.41) is 7.57. The molecule has 3 N–H and O–H groups in total. The van der Waals surface area contributed by atoms with Crippen molar-refractivity contribution in [2.45, 2.75) is 51.4 Å². The third-order valence-corrected chi connectivity index (χ3v) is 5.57. The molecule has 0 aromatic heterocycles. The number of amides is 3. The predicted octanol–water partition coefficient (Wildman–Crippen LogP) is 1.41. The predicted molar refractivity (Wildman–Crippen MR) is 137 cm³/mol. The molecule has 0 radical (unpaired) electrons. The Kier molecular flexibility index (Phi) is 10.4. The second-order valence-electron chi connectivity index (χ2n) is 8.79. The number of fused-ring (bicyclic) bond motifs is 2. The van der Waals surface area contributed by atoms with Gasteiger partial charge in [0.2, 0.25) is 11.8 Å². The molecule has 1 aliphatic rings. The fraction of sp³-hybridized carbons (Fsp3) is 0.500. The monoisotopic (exact) mass is 615 g/mol. The van der Waals surface area contributed by atoms with E-state index in [0.717, 1.165) is 0 Å². The van der Waals surface area contributed by atoms with Gasteiger partial charge in [0.25, 0.3) is 0 Å². The molecule has 36 heavy (non-hydrogen) atoms. The minimum absolute atomic E-state index is 0.0725. The van der Waals surface area contributed by atoms with Crippen LogP contribution in [-0.4, -0.2) is 69.0 Å². The van der Waals surface area contributed by atoms with E-state index in [4.69, 9.17) is 18.9 Å². The Balaban J connectivity index is 2.44. The van der Waals surface area contributed by atoms with Crippen molar-refractivity contribution >= 4 is 46.5 Å². The minimum atomic E-state index is -1.17. The van der Waals surface area contributed by atoms with Crippen LogP contribution >= 0.6 is 22.6 Å². The van der Waals surface area contributed by atoms with E-state index in [1.165, 1.54) is 21.1 Å². The van der Waals surface area contributed by atoms with Crippen molar-refractivity contribution in [1.82, 2.24) is 16.0 Å². The number of hydrogen-bond acceptors (Lipinski definition) is 8. The maximum atomic E-state index is 12.9. The van der Waals surface area contributed by atoms with Crippen LogP contribution in [0.1, 0.15) is 44.9 Å². The quantitative estimate of drug-likeness (QED) is 0.264. The summed E-state index contributed by atoms with van der Waals surface area (Å²) >= 11 is 2.04. The fourth-order valence-electron chi connectivity index (χ4n) is 3.12. The first kappa shape index (κ1) is 29.2. The van der Waals surface area contributed by atoms with Gasteiger partial charge < -0.3 is 34.9 Å². The highest BCUT2D eigenvalue weighted by molar-refractivity contribution is 14.1. The molecule has 0 spiro atoms. The normalized spacial score (nSPS) is 20.8. The molecule has 11 nitrogen and oxygen atoms in total. The van der Waals surface area contributed by atoms with Crippen molar-refractivity contribution in [1.29, 1.82) is 0 Å². The number of hydrogen-bond donors (Lipinski definition) is 3. The van der Waals surface area contributed by atoms with E-state index >= 15 is 0 Å². The maximum absolute atomic E-state index is 12.9. The molecule has 0 aliphatic carbocycles. The molecule has 12 heteroatoms. The largest absolute Gasteiger partial charge is 0.494 e. The fourth-order valence-corrected chi connectivity index (χ4v) is 3.99. The van der Waals surface area contributed by atoms with Crippen molar-refractivity contribution in [3.05, 3.63) is 26.8 Å². The number of halogens is 1. The number of alkyl carbamates (subject to hydrolysis) is 1. The maximum Gasteiger partial charge on any atom is 0.408 e. The lowest BCUT2D eigenvalue weighted by Gasteiger charge is -2.25. The average Bonchev–Trinajstić information content (AvgIpc) is 2.78. The molecule has 1 aromatic carbocycles. The molecule has 0 unspecified atom stereocenters. The van der Waals surface area contributed by atoms with Crippen LogP contribution in [0.5, 0.6) is 5.75 Å². The minimum Gasteiger partial charge on any atom is -0.494 e. The summed E-state index contributed by atoms with van der Waals surface area (Å²) in [4.78, 5) is 50.6. The number of rotatable bonds is 3. The SMILES string of the molecule is COC(=O)[C@H]1NC(=O)[C@@H](C)NC(=O)[C@@H](NC(=O)OC(C)(C)C)COCC#Cc2cc1cc(I)c2OC. The van der Waals surface area contributed by atoms with E-state index in [2.05, 4.69) is 27.8 Å². The third kappa shape index (κ3) is 8.27. The molecule has 196 valence electrons. The van der Waals surface area contributed by atoms with Crippen molar-refractivity contribution in [3.63, 3.8) is 0 Å². The summed E-state index contributed by atoms with van der Waals surface area (Å²) < 4.78 is 21.7. The standard InChI is InChI=1S/C24H30IN3O8/c1-13-20(29)28-18(22(31)34-6)15-10-14(19(33-5)16(25)11-15)8-7-9-35-12-17(21(30)26-13)27-23(32)36-24(2,3)4/h10-11,13,17-18H,9,12H2,1-6H3,(H,26,30)(H,27,32)(H,28,29)/t13-,17+,18+/m1/s1. The molecule has 0 saturated heterocycles. The first-order valence-electron chi connectivity index (χ1n) is 11.0. The van der Waals surface area contributed by atoms with E-state index < -0.39 is 47.6 Å². The zero-order valence-corrected chi connectivity index (χ0v) is 23.1. The molecule has 2 bridgehead atoms. The summed E-state index contributed by atoms with van der Waals surface area (Å²) in [6, 6.07) is -0.115. The van der Waals surface area contributed by atoms with Crippen molar-refractivity contribution < 1.29 is 38.1 Å². The van der Waals surface area contributed by atoms with Crippen LogP contribution < -0.4 is 20.7 Å². The summed E-state index contributed by atoms with van der Waals surface area (Å²) in [7, 11) is 2.70. The van der Waals surface area contributed by atoms with Crippen molar-refractivity contribution in [2.24, 2.45) is 0 Å². The number of methoxy groups -OCH3 is 2. The van der Waals surface area contributed by atoms with Gasteiger partial charge in [0.15, 0.2) is 6.04 Å². The van der Waals surface area contributed by atoms with Gasteiger partial charge in [-0.25, -0.2) is 9.59 Å². The number of carbonyl (C=O) groups excluding carboxylic acids is 4. The van der Waals surface area contributed by atoms with Crippen LogP contribution in [0.25, 0.3) is 0 Å². The van der Waals surface area contributed by atoms with Crippen LogP contribution in [0.4, 0.5) is 4.79 Å². The van der Waals surface area contributed by atoms with Crippen LogP contribution in [0, 0.1) is 15.4 Å². The molecule has 3 amide bonds. The molecule has 0 fully saturated rings. The Bertz CT molecular complexity index is 1070. The highest BCUT2D eigenvalue weighted by Crippen LogP contribution is 2.30. The van der Waals surface area contributed by atoms with Gasteiger partial charge in [0.1, 0.15) is 30.0 Å². The molecule has 1 heterocycles. The van der Waals surface area contributed by atoms with E-state index in [1.807, 2.05) is 22.6 Å². The molecule has 2 rings (SSSR count). The Morgan fingerprint density at radius 2 is 1.86 bits per heavy atom. The van der Waals surface area contributed by atoms with E-state index in [0.29, 0.717) is 20.4 Å². The summed E-state index contributed by atoms with van der Waals surface area (Å²) in [5.41, 5.74) is 0.0998. The number of esters is 1.